The van der Waals surface area contributed by atoms with Crippen LogP contribution in [0.15, 0.2) is 59.1 Å². The molecular formula is C29H26N4O6. The molecule has 0 unspecified atom stereocenters. The minimum absolute atomic E-state index is 0.0228. The van der Waals surface area contributed by atoms with E-state index in [0.717, 1.165) is 24.0 Å². The van der Waals surface area contributed by atoms with E-state index in [1.165, 1.54) is 7.11 Å². The fraction of sp³-hybridized carbons (Fsp3) is 0.241. The normalized spacial score (nSPS) is 13.5. The van der Waals surface area contributed by atoms with Gasteiger partial charge in [0.1, 0.15) is 34.9 Å². The molecule has 3 heterocycles. The van der Waals surface area contributed by atoms with Crippen molar-refractivity contribution in [2.75, 3.05) is 26.9 Å². The number of rotatable bonds is 8. The second-order valence-corrected chi connectivity index (χ2v) is 9.00. The number of fused-ring (bicyclic) bond motifs is 1. The summed E-state index contributed by atoms with van der Waals surface area (Å²) in [5.41, 5.74) is 9.22. The number of methoxy groups -OCH3 is 1. The van der Waals surface area contributed by atoms with Gasteiger partial charge in [0, 0.05) is 36.2 Å². The number of benzene rings is 2. The monoisotopic (exact) mass is 526 g/mol. The molecule has 4 aromatic rings. The molecule has 1 saturated heterocycles. The highest BCUT2D eigenvalue weighted by molar-refractivity contribution is 5.99. The van der Waals surface area contributed by atoms with Gasteiger partial charge in [-0.25, -0.2) is 0 Å². The summed E-state index contributed by atoms with van der Waals surface area (Å²) in [4.78, 5) is 27.9. The number of ether oxygens (including phenoxy) is 3. The Bertz CT molecular complexity index is 1580. The molecule has 0 bridgehead atoms. The predicted octanol–water partition coefficient (Wildman–Crippen LogP) is 3.81. The molecule has 3 N–H and O–H groups in total. The van der Waals surface area contributed by atoms with Gasteiger partial charge in [-0.3, -0.25) is 14.6 Å². The summed E-state index contributed by atoms with van der Waals surface area (Å²) in [5.74, 6) is 0.246. The highest BCUT2D eigenvalue weighted by Gasteiger charge is 2.20. The standard InChI is InChI=1S/C29H26N4O6/c1-36-26-13-18(2-4-22(26)29(35)33-16-27(31)34)25-14-23-28(39-25)21(6-9-32-23)17-3-5-24(19(12-17)15-30)38-20-7-10-37-11-8-20/h2-6,9,12-14,20H,7-8,10-11,16H2,1H3,(H2,31,34)(H,33,35). The number of hydrogen-bond donors (Lipinski definition) is 2. The topological polar surface area (TPSA) is 150 Å². The van der Waals surface area contributed by atoms with Crippen LogP contribution < -0.4 is 20.5 Å². The van der Waals surface area contributed by atoms with Gasteiger partial charge in [-0.15, -0.1) is 0 Å². The number of nitrogens with zero attached hydrogens (tertiary/aromatic N) is 2. The van der Waals surface area contributed by atoms with Crippen molar-refractivity contribution in [1.29, 1.82) is 5.26 Å². The van der Waals surface area contributed by atoms with E-state index in [0.29, 0.717) is 52.7 Å². The van der Waals surface area contributed by atoms with Crippen LogP contribution in [0.25, 0.3) is 33.6 Å². The first-order chi connectivity index (χ1) is 19.0. The van der Waals surface area contributed by atoms with Crippen molar-refractivity contribution in [3.05, 3.63) is 65.9 Å². The lowest BCUT2D eigenvalue weighted by molar-refractivity contribution is -0.117. The minimum atomic E-state index is -0.645. The first-order valence-corrected chi connectivity index (χ1v) is 12.4. The number of nitrogens with two attached hydrogens (primary N) is 1. The number of amides is 2. The Hall–Kier alpha value is -4.88. The van der Waals surface area contributed by atoms with Gasteiger partial charge in [-0.05, 0) is 35.9 Å². The maximum Gasteiger partial charge on any atom is 0.255 e. The van der Waals surface area contributed by atoms with Crippen molar-refractivity contribution < 1.29 is 28.2 Å². The molecule has 1 aliphatic heterocycles. The first kappa shape index (κ1) is 25.8. The minimum Gasteiger partial charge on any atom is -0.496 e. The Balaban J connectivity index is 1.46. The van der Waals surface area contributed by atoms with E-state index in [1.54, 1.807) is 36.5 Å². The highest BCUT2D eigenvalue weighted by Crippen LogP contribution is 2.37. The fourth-order valence-corrected chi connectivity index (χ4v) is 4.46. The van der Waals surface area contributed by atoms with Crippen molar-refractivity contribution in [1.82, 2.24) is 10.3 Å². The van der Waals surface area contributed by atoms with Gasteiger partial charge in [-0.2, -0.15) is 5.26 Å². The molecule has 1 aliphatic rings. The molecule has 0 aliphatic carbocycles. The number of pyridine rings is 1. The van der Waals surface area contributed by atoms with Gasteiger partial charge in [0.05, 0.1) is 38.0 Å². The summed E-state index contributed by atoms with van der Waals surface area (Å²) in [6.45, 7) is 1.02. The van der Waals surface area contributed by atoms with Crippen LogP contribution >= 0.6 is 0 Å². The van der Waals surface area contributed by atoms with Crippen LogP contribution in [0, 0.1) is 11.3 Å². The molecule has 0 radical (unpaired) electrons. The van der Waals surface area contributed by atoms with E-state index in [-0.39, 0.29) is 18.2 Å². The number of hydrogen-bond acceptors (Lipinski definition) is 8. The molecule has 198 valence electrons. The van der Waals surface area contributed by atoms with E-state index >= 15 is 0 Å². The number of aromatic nitrogens is 1. The summed E-state index contributed by atoms with van der Waals surface area (Å²) >= 11 is 0. The molecule has 10 heteroatoms. The lowest BCUT2D eigenvalue weighted by atomic mass is 10.0. The smallest absolute Gasteiger partial charge is 0.255 e. The zero-order chi connectivity index (χ0) is 27.4. The molecule has 39 heavy (non-hydrogen) atoms. The van der Waals surface area contributed by atoms with Crippen LogP contribution in [0.4, 0.5) is 0 Å². The van der Waals surface area contributed by atoms with Crippen LogP contribution in [0.5, 0.6) is 11.5 Å². The Kier molecular flexibility index (Phi) is 7.43. The second-order valence-electron chi connectivity index (χ2n) is 9.00. The number of carbonyl (C=O) groups excluding carboxylic acids is 2. The fourth-order valence-electron chi connectivity index (χ4n) is 4.46. The quantitative estimate of drug-likeness (QED) is 0.352. The molecule has 0 atom stereocenters. The van der Waals surface area contributed by atoms with E-state index < -0.39 is 11.8 Å². The Morgan fingerprint density at radius 2 is 1.90 bits per heavy atom. The number of primary amides is 1. The SMILES string of the molecule is COc1cc(-c2cc3nccc(-c4ccc(OC5CCOCC5)c(C#N)c4)c3o2)ccc1C(=O)NCC(N)=O. The van der Waals surface area contributed by atoms with Crippen molar-refractivity contribution in [3.8, 4) is 40.0 Å². The predicted molar refractivity (Wildman–Crippen MR) is 142 cm³/mol. The maximum atomic E-state index is 12.4. The van der Waals surface area contributed by atoms with E-state index in [2.05, 4.69) is 16.4 Å². The summed E-state index contributed by atoms with van der Waals surface area (Å²) in [5, 5.41) is 12.3. The van der Waals surface area contributed by atoms with Crippen LogP contribution in [0.2, 0.25) is 0 Å². The van der Waals surface area contributed by atoms with E-state index in [4.69, 9.17) is 24.4 Å². The van der Waals surface area contributed by atoms with Crippen LogP contribution in [0.1, 0.15) is 28.8 Å². The number of nitriles is 1. The molecule has 2 aromatic heterocycles. The third-order valence-electron chi connectivity index (χ3n) is 6.44. The van der Waals surface area contributed by atoms with Crippen LogP contribution in [-0.4, -0.2) is 49.8 Å². The Morgan fingerprint density at radius 3 is 2.64 bits per heavy atom. The number of furan rings is 1. The van der Waals surface area contributed by atoms with Crippen molar-refractivity contribution >= 4 is 22.9 Å². The molecular weight excluding hydrogens is 500 g/mol. The van der Waals surface area contributed by atoms with Crippen LogP contribution in [-0.2, 0) is 9.53 Å². The lowest BCUT2D eigenvalue weighted by Gasteiger charge is -2.23. The zero-order valence-corrected chi connectivity index (χ0v) is 21.2. The maximum absolute atomic E-state index is 12.4. The lowest BCUT2D eigenvalue weighted by Crippen LogP contribution is -2.33. The molecule has 0 spiro atoms. The molecule has 1 fully saturated rings. The van der Waals surface area contributed by atoms with Crippen molar-refractivity contribution in [3.63, 3.8) is 0 Å². The van der Waals surface area contributed by atoms with Crippen molar-refractivity contribution in [2.45, 2.75) is 18.9 Å². The third kappa shape index (κ3) is 5.54. The average molecular weight is 527 g/mol. The average Bonchev–Trinajstić information content (AvgIpc) is 3.41. The van der Waals surface area contributed by atoms with Crippen molar-refractivity contribution in [2.24, 2.45) is 5.73 Å². The van der Waals surface area contributed by atoms with Gasteiger partial charge in [0.2, 0.25) is 5.91 Å². The number of nitrogens with one attached hydrogen (secondary N) is 1. The molecule has 0 saturated carbocycles. The zero-order valence-electron chi connectivity index (χ0n) is 21.2. The van der Waals surface area contributed by atoms with Gasteiger partial charge in [0.25, 0.3) is 5.91 Å². The summed E-state index contributed by atoms with van der Waals surface area (Å²) in [6, 6.07) is 16.3. The summed E-state index contributed by atoms with van der Waals surface area (Å²) < 4.78 is 23.1. The molecule has 2 aromatic carbocycles. The van der Waals surface area contributed by atoms with Crippen LogP contribution in [0.3, 0.4) is 0 Å². The second kappa shape index (κ2) is 11.2. The van der Waals surface area contributed by atoms with E-state index in [9.17, 15) is 14.9 Å². The summed E-state index contributed by atoms with van der Waals surface area (Å²) in [6.07, 6.45) is 3.28. The first-order valence-electron chi connectivity index (χ1n) is 12.4. The Labute approximate surface area is 224 Å². The summed E-state index contributed by atoms with van der Waals surface area (Å²) in [7, 11) is 1.45. The highest BCUT2D eigenvalue weighted by atomic mass is 16.5. The molecule has 5 rings (SSSR count). The Morgan fingerprint density at radius 1 is 1.10 bits per heavy atom. The van der Waals surface area contributed by atoms with Gasteiger partial charge in [-0.1, -0.05) is 12.1 Å². The molecule has 10 nitrogen and oxygen atoms in total. The largest absolute Gasteiger partial charge is 0.496 e. The van der Waals surface area contributed by atoms with Gasteiger partial charge >= 0.3 is 0 Å². The van der Waals surface area contributed by atoms with E-state index in [1.807, 2.05) is 18.2 Å². The third-order valence-corrected chi connectivity index (χ3v) is 6.44. The molecule has 2 amide bonds. The van der Waals surface area contributed by atoms with Gasteiger partial charge < -0.3 is 29.7 Å². The van der Waals surface area contributed by atoms with Gasteiger partial charge in [0.15, 0.2) is 5.58 Å². The number of carbonyl (C=O) groups is 2.